The number of hydrogen-bond acceptors (Lipinski definition) is 2. The van der Waals surface area contributed by atoms with Gasteiger partial charge < -0.3 is 9.88 Å². The third kappa shape index (κ3) is 1.51. The van der Waals surface area contributed by atoms with Crippen LogP contribution in [0.5, 0.6) is 0 Å². The first kappa shape index (κ1) is 10.6. The van der Waals surface area contributed by atoms with Crippen molar-refractivity contribution in [1.82, 2.24) is 9.88 Å². The first-order chi connectivity index (χ1) is 8.93. The summed E-state index contributed by atoms with van der Waals surface area (Å²) in [6.07, 6.45) is 7.15. The smallest absolute Gasteiger partial charge is 0.0488 e. The monoisotopic (exact) mass is 256 g/mol. The van der Waals surface area contributed by atoms with Crippen LogP contribution in [-0.2, 0) is 13.0 Å². The molecule has 2 nitrogen and oxygen atoms in total. The summed E-state index contributed by atoms with van der Waals surface area (Å²) < 4.78 is 2.45. The third-order valence-electron chi connectivity index (χ3n) is 3.95. The molecule has 0 aromatic carbocycles. The van der Waals surface area contributed by atoms with Crippen LogP contribution in [0.15, 0.2) is 29.1 Å². The molecule has 4 rings (SSSR count). The summed E-state index contributed by atoms with van der Waals surface area (Å²) in [5, 5.41) is 7.95. The molecule has 1 aliphatic carbocycles. The van der Waals surface area contributed by atoms with Crippen molar-refractivity contribution in [3.05, 3.63) is 40.4 Å². The second kappa shape index (κ2) is 4.11. The highest BCUT2D eigenvalue weighted by Crippen LogP contribution is 2.37. The van der Waals surface area contributed by atoms with Gasteiger partial charge in [0.25, 0.3) is 0 Å². The highest BCUT2D eigenvalue weighted by Gasteiger charge is 2.23. The number of allylic oxidation sites excluding steroid dienone is 1. The highest BCUT2D eigenvalue weighted by molar-refractivity contribution is 7.08. The van der Waals surface area contributed by atoms with Gasteiger partial charge in [0.15, 0.2) is 0 Å². The predicted molar refractivity (Wildman–Crippen MR) is 76.9 cm³/mol. The normalized spacial score (nSPS) is 18.1. The minimum atomic E-state index is 1.03. The van der Waals surface area contributed by atoms with Crippen LogP contribution < -0.4 is 5.32 Å². The van der Waals surface area contributed by atoms with Crippen LogP contribution in [0.1, 0.15) is 17.7 Å². The molecule has 0 bridgehead atoms. The largest absolute Gasteiger partial charge is 0.346 e. The van der Waals surface area contributed by atoms with E-state index in [1.165, 1.54) is 35.2 Å². The average Bonchev–Trinajstić information content (AvgIpc) is 2.97. The first-order valence-electron chi connectivity index (χ1n) is 6.58. The number of hydrogen-bond donors (Lipinski definition) is 1. The Bertz CT molecular complexity index is 605. The Morgan fingerprint density at radius 1 is 1.33 bits per heavy atom. The molecule has 2 aromatic heterocycles. The Hall–Kier alpha value is -1.32. The van der Waals surface area contributed by atoms with Gasteiger partial charge in [0.2, 0.25) is 0 Å². The van der Waals surface area contributed by atoms with Gasteiger partial charge in [0.05, 0.1) is 0 Å². The number of nitrogens with zero attached hydrogens (tertiary/aromatic N) is 1. The van der Waals surface area contributed by atoms with Crippen molar-refractivity contribution in [2.45, 2.75) is 19.4 Å². The summed E-state index contributed by atoms with van der Waals surface area (Å²) in [5.41, 5.74) is 7.40. The molecule has 0 unspecified atom stereocenters. The van der Waals surface area contributed by atoms with Gasteiger partial charge in [0, 0.05) is 37.1 Å². The molecule has 0 radical (unpaired) electrons. The van der Waals surface area contributed by atoms with Crippen molar-refractivity contribution in [2.75, 3.05) is 13.1 Å². The number of nitrogens with one attached hydrogen (secondary N) is 1. The Balaban J connectivity index is 1.94. The van der Waals surface area contributed by atoms with E-state index in [9.17, 15) is 0 Å². The second-order valence-corrected chi connectivity index (χ2v) is 5.80. The van der Waals surface area contributed by atoms with Crippen molar-refractivity contribution in [2.24, 2.45) is 0 Å². The molecule has 0 saturated heterocycles. The first-order valence-corrected chi connectivity index (χ1v) is 7.52. The number of thiophene rings is 1. The molecule has 2 aliphatic rings. The zero-order valence-electron chi connectivity index (χ0n) is 10.3. The lowest BCUT2D eigenvalue weighted by molar-refractivity contribution is 0.650. The molecule has 0 spiro atoms. The quantitative estimate of drug-likeness (QED) is 0.829. The summed E-state index contributed by atoms with van der Waals surface area (Å²) in [7, 11) is 0. The zero-order valence-corrected chi connectivity index (χ0v) is 11.1. The van der Waals surface area contributed by atoms with E-state index in [1.807, 2.05) is 0 Å². The molecule has 1 N–H and O–H groups in total. The number of rotatable bonds is 1. The summed E-state index contributed by atoms with van der Waals surface area (Å²) in [5.74, 6) is 0. The molecule has 92 valence electrons. The maximum absolute atomic E-state index is 3.51. The van der Waals surface area contributed by atoms with Gasteiger partial charge >= 0.3 is 0 Å². The Morgan fingerprint density at radius 2 is 2.33 bits per heavy atom. The lowest BCUT2D eigenvalue weighted by atomic mass is 9.93. The van der Waals surface area contributed by atoms with E-state index in [-0.39, 0.29) is 0 Å². The Morgan fingerprint density at radius 3 is 3.22 bits per heavy atom. The predicted octanol–water partition coefficient (Wildman–Crippen LogP) is 3.15. The molecular formula is C15H16N2S. The van der Waals surface area contributed by atoms with Crippen LogP contribution in [0.2, 0.25) is 0 Å². The molecule has 1 aliphatic heterocycles. The number of aromatic nitrogens is 1. The molecule has 0 atom stereocenters. The maximum Gasteiger partial charge on any atom is 0.0488 e. The molecule has 0 fully saturated rings. The summed E-state index contributed by atoms with van der Waals surface area (Å²) in [6.45, 7) is 3.19. The van der Waals surface area contributed by atoms with Gasteiger partial charge in [-0.05, 0) is 46.4 Å². The van der Waals surface area contributed by atoms with Gasteiger partial charge in [-0.2, -0.15) is 11.3 Å². The average molecular weight is 256 g/mol. The van der Waals surface area contributed by atoms with Crippen LogP contribution in [0.3, 0.4) is 0 Å². The van der Waals surface area contributed by atoms with E-state index in [4.69, 9.17) is 0 Å². The van der Waals surface area contributed by atoms with E-state index >= 15 is 0 Å². The van der Waals surface area contributed by atoms with Gasteiger partial charge in [0.1, 0.15) is 0 Å². The van der Waals surface area contributed by atoms with Crippen molar-refractivity contribution < 1.29 is 0 Å². The topological polar surface area (TPSA) is 17.0 Å². The van der Waals surface area contributed by atoms with Crippen LogP contribution >= 0.6 is 11.3 Å². The SMILES string of the molecule is C1=C2CNCCn3cc(-c4ccsc4)c(c32)CC1. The molecule has 3 heterocycles. The van der Waals surface area contributed by atoms with E-state index in [1.54, 1.807) is 16.9 Å². The molecular weight excluding hydrogens is 240 g/mol. The summed E-state index contributed by atoms with van der Waals surface area (Å²) in [6, 6.07) is 2.24. The Labute approximate surface area is 111 Å². The van der Waals surface area contributed by atoms with Crippen molar-refractivity contribution in [3.8, 4) is 11.1 Å². The molecule has 0 saturated carbocycles. The van der Waals surface area contributed by atoms with Gasteiger partial charge in [-0.25, -0.2) is 0 Å². The maximum atomic E-state index is 3.51. The van der Waals surface area contributed by atoms with Crippen LogP contribution in [0.25, 0.3) is 16.7 Å². The third-order valence-corrected chi connectivity index (χ3v) is 4.63. The highest BCUT2D eigenvalue weighted by atomic mass is 32.1. The van der Waals surface area contributed by atoms with Crippen LogP contribution in [0, 0.1) is 0 Å². The lowest BCUT2D eigenvalue weighted by Gasteiger charge is -2.15. The van der Waals surface area contributed by atoms with E-state index < -0.39 is 0 Å². The van der Waals surface area contributed by atoms with Gasteiger partial charge in [-0.15, -0.1) is 0 Å². The Kier molecular flexibility index (Phi) is 2.42. The minimum Gasteiger partial charge on any atom is -0.346 e. The standard InChI is InChI=1S/C15H16N2S/c1-2-11-8-16-5-6-17-9-14(12-4-7-18-10-12)13(3-1)15(11)17/h2,4,7,9-10,16H,1,3,5-6,8H2. The fourth-order valence-corrected chi connectivity index (χ4v) is 3.80. The fraction of sp³-hybridized carbons (Fsp3) is 0.333. The van der Waals surface area contributed by atoms with Crippen molar-refractivity contribution >= 4 is 16.9 Å². The van der Waals surface area contributed by atoms with E-state index in [0.29, 0.717) is 0 Å². The second-order valence-electron chi connectivity index (χ2n) is 5.02. The fourth-order valence-electron chi connectivity index (χ4n) is 3.14. The van der Waals surface area contributed by atoms with Gasteiger partial charge in [-0.1, -0.05) is 6.08 Å². The van der Waals surface area contributed by atoms with E-state index in [2.05, 4.69) is 39.0 Å². The molecule has 2 aromatic rings. The van der Waals surface area contributed by atoms with Crippen LogP contribution in [0.4, 0.5) is 0 Å². The van der Waals surface area contributed by atoms with Gasteiger partial charge in [-0.3, -0.25) is 0 Å². The summed E-state index contributed by atoms with van der Waals surface area (Å²) in [4.78, 5) is 0. The molecule has 0 amide bonds. The van der Waals surface area contributed by atoms with Crippen molar-refractivity contribution in [1.29, 1.82) is 0 Å². The van der Waals surface area contributed by atoms with Crippen molar-refractivity contribution in [3.63, 3.8) is 0 Å². The lowest BCUT2D eigenvalue weighted by Crippen LogP contribution is -2.17. The zero-order chi connectivity index (χ0) is 11.9. The minimum absolute atomic E-state index is 1.03. The van der Waals surface area contributed by atoms with E-state index in [0.717, 1.165) is 19.6 Å². The summed E-state index contributed by atoms with van der Waals surface area (Å²) >= 11 is 1.79. The van der Waals surface area contributed by atoms with Crippen LogP contribution in [-0.4, -0.2) is 17.7 Å². The molecule has 18 heavy (non-hydrogen) atoms. The molecule has 3 heteroatoms.